The minimum atomic E-state index is 0.258. The Morgan fingerprint density at radius 3 is 2.23 bits per heavy atom. The van der Waals surface area contributed by atoms with Gasteiger partial charge in [-0.1, -0.05) is 55.0 Å². The number of likely N-dealkylation sites (N-methyl/N-ethyl adjacent to an activating group) is 2. The average molecular weight is 527 g/mol. The number of para-hydroxylation sites is 2. The molecule has 2 fully saturated rings. The number of amides is 1. The molecule has 1 heterocycles. The first kappa shape index (κ1) is 27.2. The van der Waals surface area contributed by atoms with E-state index in [0.29, 0.717) is 6.54 Å². The Hall–Kier alpha value is -3.35. The van der Waals surface area contributed by atoms with Crippen LogP contribution in [0.25, 0.3) is 11.1 Å². The highest BCUT2D eigenvalue weighted by atomic mass is 16.5. The topological polar surface area (TPSA) is 39.3 Å². The molecule has 206 valence electrons. The maximum atomic E-state index is 13.0. The molecule has 1 saturated carbocycles. The van der Waals surface area contributed by atoms with Gasteiger partial charge in [-0.2, -0.15) is 0 Å². The smallest absolute Gasteiger partial charge is 0.236 e. The monoisotopic (exact) mass is 526 g/mol. The van der Waals surface area contributed by atoms with E-state index < -0.39 is 0 Å². The molecule has 1 aliphatic carbocycles. The predicted octanol–water partition coefficient (Wildman–Crippen LogP) is 5.60. The lowest BCUT2D eigenvalue weighted by Crippen LogP contribution is -2.51. The fourth-order valence-corrected chi connectivity index (χ4v) is 5.46. The summed E-state index contributed by atoms with van der Waals surface area (Å²) >= 11 is 0. The normalized spacial score (nSPS) is 16.2. The first-order chi connectivity index (χ1) is 19.1. The van der Waals surface area contributed by atoms with Crippen molar-refractivity contribution in [1.82, 2.24) is 14.7 Å². The Balaban J connectivity index is 1.12. The van der Waals surface area contributed by atoms with Crippen LogP contribution in [0.2, 0.25) is 0 Å². The van der Waals surface area contributed by atoms with Gasteiger partial charge in [-0.25, -0.2) is 0 Å². The molecule has 3 aromatic rings. The van der Waals surface area contributed by atoms with Gasteiger partial charge in [0.05, 0.1) is 6.54 Å². The van der Waals surface area contributed by atoms with Gasteiger partial charge < -0.3 is 19.4 Å². The Labute approximate surface area is 233 Å². The number of benzene rings is 3. The number of hydrogen-bond donors (Lipinski definition) is 0. The molecule has 1 saturated heterocycles. The van der Waals surface area contributed by atoms with Crippen LogP contribution in [0.1, 0.15) is 26.2 Å². The number of anilines is 1. The largest absolute Gasteiger partial charge is 0.457 e. The minimum absolute atomic E-state index is 0.258. The third kappa shape index (κ3) is 7.00. The van der Waals surface area contributed by atoms with Crippen LogP contribution in [0.5, 0.6) is 11.5 Å². The molecule has 2 aliphatic rings. The molecule has 0 bridgehead atoms. The van der Waals surface area contributed by atoms with Gasteiger partial charge in [-0.15, -0.1) is 0 Å². The second kappa shape index (κ2) is 13.1. The number of piperazine rings is 1. The molecule has 0 N–H and O–H groups in total. The Kier molecular flexibility index (Phi) is 9.17. The maximum Gasteiger partial charge on any atom is 0.236 e. The number of carbonyl (C=O) groups is 1. The third-order valence-electron chi connectivity index (χ3n) is 8.29. The van der Waals surface area contributed by atoms with Gasteiger partial charge in [-0.05, 0) is 62.7 Å². The van der Waals surface area contributed by atoms with E-state index >= 15 is 0 Å². The van der Waals surface area contributed by atoms with Gasteiger partial charge in [0.25, 0.3) is 0 Å². The average Bonchev–Trinajstić information content (AvgIpc) is 2.94. The summed E-state index contributed by atoms with van der Waals surface area (Å²) in [6.07, 6.45) is 3.96. The molecule has 5 rings (SSSR count). The summed E-state index contributed by atoms with van der Waals surface area (Å²) in [7, 11) is 2.20. The molecule has 6 nitrogen and oxygen atoms in total. The molecule has 3 aromatic carbocycles. The molecule has 0 radical (unpaired) electrons. The van der Waals surface area contributed by atoms with Gasteiger partial charge in [0, 0.05) is 63.1 Å². The van der Waals surface area contributed by atoms with Gasteiger partial charge in [0.1, 0.15) is 11.5 Å². The number of rotatable bonds is 11. The first-order valence-corrected chi connectivity index (χ1v) is 14.5. The quantitative estimate of drug-likeness (QED) is 0.325. The van der Waals surface area contributed by atoms with Gasteiger partial charge in [0.2, 0.25) is 5.91 Å². The van der Waals surface area contributed by atoms with Crippen molar-refractivity contribution in [3.8, 4) is 22.6 Å². The van der Waals surface area contributed by atoms with Crippen LogP contribution in [-0.4, -0.2) is 86.1 Å². The lowest BCUT2D eigenvalue weighted by molar-refractivity contribution is -0.132. The van der Waals surface area contributed by atoms with Crippen molar-refractivity contribution >= 4 is 11.6 Å². The van der Waals surface area contributed by atoms with Crippen LogP contribution in [0, 0.1) is 0 Å². The zero-order chi connectivity index (χ0) is 27.0. The van der Waals surface area contributed by atoms with E-state index in [1.165, 1.54) is 24.9 Å². The van der Waals surface area contributed by atoms with E-state index in [1.54, 1.807) is 0 Å². The summed E-state index contributed by atoms with van der Waals surface area (Å²) in [5.41, 5.74) is 3.44. The molecule has 0 atom stereocenters. The second-order valence-corrected chi connectivity index (χ2v) is 10.8. The summed E-state index contributed by atoms with van der Waals surface area (Å²) in [5.74, 6) is 1.94. The van der Waals surface area contributed by atoms with Crippen molar-refractivity contribution in [2.75, 3.05) is 64.3 Å². The summed E-state index contributed by atoms with van der Waals surface area (Å²) in [6.45, 7) is 8.85. The van der Waals surface area contributed by atoms with E-state index in [0.717, 1.165) is 74.5 Å². The number of nitrogens with zero attached hydrogens (tertiary/aromatic N) is 4. The van der Waals surface area contributed by atoms with Crippen LogP contribution < -0.4 is 9.64 Å². The SMILES string of the molecule is CCN(CCN(C)C1CCC1)C(=O)CN1CCN(c2ccc(-c3ccccc3Oc3ccccc3)cc2)CC1. The van der Waals surface area contributed by atoms with E-state index in [1.807, 2.05) is 53.4 Å². The molecule has 1 amide bonds. The standard InChI is InChI=1S/C33H42N4O2/c1-3-36(23-20-34(2)28-10-9-11-28)33(38)26-35-21-24-37(25-22-35)29-18-16-27(17-19-29)31-14-7-8-15-32(31)39-30-12-5-4-6-13-30/h4-8,12-19,28H,3,9-11,20-26H2,1-2H3. The van der Waals surface area contributed by atoms with Crippen LogP contribution in [0.4, 0.5) is 5.69 Å². The Bertz CT molecular complexity index is 1190. The Morgan fingerprint density at radius 1 is 0.872 bits per heavy atom. The molecule has 0 aromatic heterocycles. The van der Waals surface area contributed by atoms with Crippen molar-refractivity contribution < 1.29 is 9.53 Å². The van der Waals surface area contributed by atoms with Crippen molar-refractivity contribution in [1.29, 1.82) is 0 Å². The van der Waals surface area contributed by atoms with Crippen molar-refractivity contribution in [2.45, 2.75) is 32.2 Å². The highest BCUT2D eigenvalue weighted by molar-refractivity contribution is 5.78. The summed E-state index contributed by atoms with van der Waals surface area (Å²) < 4.78 is 6.17. The van der Waals surface area contributed by atoms with Crippen LogP contribution in [-0.2, 0) is 4.79 Å². The fourth-order valence-electron chi connectivity index (χ4n) is 5.46. The second-order valence-electron chi connectivity index (χ2n) is 10.8. The summed E-state index contributed by atoms with van der Waals surface area (Å²) in [6, 6.07) is 27.6. The van der Waals surface area contributed by atoms with Gasteiger partial charge >= 0.3 is 0 Å². The number of ether oxygens (including phenoxy) is 1. The third-order valence-corrected chi connectivity index (χ3v) is 8.29. The zero-order valence-corrected chi connectivity index (χ0v) is 23.5. The number of hydrogen-bond acceptors (Lipinski definition) is 5. The molecular formula is C33H42N4O2. The Morgan fingerprint density at radius 2 is 1.56 bits per heavy atom. The van der Waals surface area contributed by atoms with E-state index in [2.05, 4.69) is 59.0 Å². The van der Waals surface area contributed by atoms with Crippen molar-refractivity contribution in [2.24, 2.45) is 0 Å². The fraction of sp³-hybridized carbons (Fsp3) is 0.424. The van der Waals surface area contributed by atoms with Crippen LogP contribution in [0.15, 0.2) is 78.9 Å². The van der Waals surface area contributed by atoms with Crippen molar-refractivity contribution in [3.05, 3.63) is 78.9 Å². The van der Waals surface area contributed by atoms with E-state index in [4.69, 9.17) is 4.74 Å². The first-order valence-electron chi connectivity index (χ1n) is 14.5. The van der Waals surface area contributed by atoms with Crippen LogP contribution in [0.3, 0.4) is 0 Å². The highest BCUT2D eigenvalue weighted by Crippen LogP contribution is 2.34. The lowest BCUT2D eigenvalue weighted by Gasteiger charge is -2.37. The van der Waals surface area contributed by atoms with E-state index in [-0.39, 0.29) is 5.91 Å². The zero-order valence-electron chi connectivity index (χ0n) is 23.5. The maximum absolute atomic E-state index is 13.0. The van der Waals surface area contributed by atoms with Crippen molar-refractivity contribution in [3.63, 3.8) is 0 Å². The minimum Gasteiger partial charge on any atom is -0.457 e. The summed E-state index contributed by atoms with van der Waals surface area (Å²) in [5, 5.41) is 0. The molecule has 1 aliphatic heterocycles. The van der Waals surface area contributed by atoms with Gasteiger partial charge in [-0.3, -0.25) is 9.69 Å². The number of carbonyl (C=O) groups excluding carboxylic acids is 1. The molecule has 6 heteroatoms. The van der Waals surface area contributed by atoms with Crippen LogP contribution >= 0.6 is 0 Å². The molecular weight excluding hydrogens is 484 g/mol. The summed E-state index contributed by atoms with van der Waals surface area (Å²) in [4.78, 5) is 22.2. The van der Waals surface area contributed by atoms with Gasteiger partial charge in [0.15, 0.2) is 0 Å². The predicted molar refractivity (Wildman–Crippen MR) is 160 cm³/mol. The molecule has 39 heavy (non-hydrogen) atoms. The lowest BCUT2D eigenvalue weighted by atomic mass is 9.92. The molecule has 0 spiro atoms. The molecule has 0 unspecified atom stereocenters. The van der Waals surface area contributed by atoms with E-state index in [9.17, 15) is 4.79 Å². The highest BCUT2D eigenvalue weighted by Gasteiger charge is 2.24.